The lowest BCUT2D eigenvalue weighted by Gasteiger charge is -2.26. The number of carbonyl (C=O) groups is 1. The molecule has 2 heterocycles. The van der Waals surface area contributed by atoms with Crippen LogP contribution in [0.3, 0.4) is 0 Å². The summed E-state index contributed by atoms with van der Waals surface area (Å²) in [4.78, 5) is 19.8. The van der Waals surface area contributed by atoms with Crippen molar-refractivity contribution in [2.75, 3.05) is 7.05 Å². The van der Waals surface area contributed by atoms with E-state index in [4.69, 9.17) is 9.66 Å². The lowest BCUT2D eigenvalue weighted by molar-refractivity contribution is 0.0744. The lowest BCUT2D eigenvalue weighted by Crippen LogP contribution is -2.30. The molecule has 1 amide bonds. The number of fused-ring (bicyclic) bond motifs is 1. The van der Waals surface area contributed by atoms with E-state index in [9.17, 15) is 13.2 Å². The molecule has 0 radical (unpaired) electrons. The van der Waals surface area contributed by atoms with Crippen LogP contribution in [0.2, 0.25) is 0 Å². The van der Waals surface area contributed by atoms with E-state index >= 15 is 0 Å². The number of primary sulfonamides is 1. The number of hydrogen-bond acceptors (Lipinski definition) is 6. The second kappa shape index (κ2) is 8.42. The Hall–Kier alpha value is -3.56. The zero-order chi connectivity index (χ0) is 23.9. The van der Waals surface area contributed by atoms with Crippen LogP contribution in [0.25, 0.3) is 22.4 Å². The average molecular weight is 465 g/mol. The smallest absolute Gasteiger partial charge is 0.259 e. The predicted octanol–water partition coefficient (Wildman–Crippen LogP) is 3.99. The van der Waals surface area contributed by atoms with Crippen molar-refractivity contribution in [2.45, 2.75) is 31.7 Å². The number of pyridine rings is 1. The Bertz CT molecular complexity index is 1440. The summed E-state index contributed by atoms with van der Waals surface area (Å²) in [5, 5.41) is 9.76. The molecule has 0 aliphatic heterocycles. The third-order valence-corrected chi connectivity index (χ3v) is 6.72. The maximum atomic E-state index is 13.6. The molecule has 0 spiro atoms. The summed E-state index contributed by atoms with van der Waals surface area (Å²) in [6.07, 6.45) is 0. The number of benzene rings is 2. The molecule has 2 N–H and O–H groups in total. The van der Waals surface area contributed by atoms with Gasteiger partial charge in [-0.25, -0.2) is 18.5 Å². The Balaban J connectivity index is 1.73. The van der Waals surface area contributed by atoms with Gasteiger partial charge in [-0.05, 0) is 44.5 Å². The van der Waals surface area contributed by atoms with Gasteiger partial charge in [-0.2, -0.15) is 0 Å². The highest BCUT2D eigenvalue weighted by Gasteiger charge is 2.25. The molecule has 0 aliphatic rings. The Morgan fingerprint density at radius 3 is 2.30 bits per heavy atom. The normalized spacial score (nSPS) is 12.6. The van der Waals surface area contributed by atoms with Gasteiger partial charge in [-0.3, -0.25) is 4.79 Å². The number of aromatic nitrogens is 2. The molecule has 0 fully saturated rings. The number of nitrogens with zero attached hydrogens (tertiary/aromatic N) is 3. The minimum atomic E-state index is -3.79. The van der Waals surface area contributed by atoms with Gasteiger partial charge in [0.15, 0.2) is 0 Å². The Morgan fingerprint density at radius 1 is 1.06 bits per heavy atom. The van der Waals surface area contributed by atoms with Gasteiger partial charge in [0.05, 0.1) is 33.3 Å². The Kier molecular flexibility index (Phi) is 5.77. The van der Waals surface area contributed by atoms with Gasteiger partial charge in [0, 0.05) is 12.6 Å². The highest BCUT2D eigenvalue weighted by atomic mass is 32.2. The van der Waals surface area contributed by atoms with E-state index in [1.807, 2.05) is 38.1 Å². The fraction of sp³-hybridized carbons (Fsp3) is 0.208. The SMILES string of the molecule is Cc1ccc(-c2cc(C(=O)N(C)C(C)c3ccc(S(N)(=O)=O)cc3)c3c(C)noc3n2)cc1. The number of rotatable bonds is 5. The van der Waals surface area contributed by atoms with Crippen LogP contribution in [-0.2, 0) is 10.0 Å². The molecule has 8 nitrogen and oxygen atoms in total. The Morgan fingerprint density at radius 2 is 1.70 bits per heavy atom. The van der Waals surface area contributed by atoms with Crippen LogP contribution in [0.4, 0.5) is 0 Å². The van der Waals surface area contributed by atoms with Crippen LogP contribution in [0.5, 0.6) is 0 Å². The number of nitrogens with two attached hydrogens (primary N) is 1. The first-order chi connectivity index (χ1) is 15.6. The number of carbonyl (C=O) groups excluding carboxylic acids is 1. The molecule has 0 saturated heterocycles. The first-order valence-corrected chi connectivity index (χ1v) is 11.8. The van der Waals surface area contributed by atoms with Crippen molar-refractivity contribution in [3.63, 3.8) is 0 Å². The standard InChI is InChI=1S/C24H24N4O4S/c1-14-5-7-18(8-6-14)21-13-20(22-15(2)27-32-23(22)26-21)24(29)28(4)16(3)17-9-11-19(12-10-17)33(25,30)31/h5-13,16H,1-4H3,(H2,25,30,31). The average Bonchev–Trinajstić information content (AvgIpc) is 3.17. The number of sulfonamides is 1. The Labute approximate surface area is 192 Å². The van der Waals surface area contributed by atoms with Gasteiger partial charge >= 0.3 is 0 Å². The zero-order valence-corrected chi connectivity index (χ0v) is 19.6. The molecule has 9 heteroatoms. The molecule has 0 saturated carbocycles. The minimum absolute atomic E-state index is 0.0195. The number of hydrogen-bond donors (Lipinski definition) is 1. The molecule has 4 rings (SSSR count). The van der Waals surface area contributed by atoms with E-state index in [0.717, 1.165) is 16.7 Å². The van der Waals surface area contributed by atoms with E-state index in [1.54, 1.807) is 37.1 Å². The van der Waals surface area contributed by atoms with Crippen LogP contribution in [0, 0.1) is 13.8 Å². The molecule has 0 bridgehead atoms. The molecule has 33 heavy (non-hydrogen) atoms. The minimum Gasteiger partial charge on any atom is -0.335 e. The highest BCUT2D eigenvalue weighted by molar-refractivity contribution is 7.89. The fourth-order valence-corrected chi connectivity index (χ4v) is 4.18. The van der Waals surface area contributed by atoms with Crippen molar-refractivity contribution in [1.29, 1.82) is 0 Å². The maximum absolute atomic E-state index is 13.6. The van der Waals surface area contributed by atoms with Gasteiger partial charge in [-0.1, -0.05) is 47.1 Å². The summed E-state index contributed by atoms with van der Waals surface area (Å²) in [5.41, 5.74) is 4.67. The van der Waals surface area contributed by atoms with Crippen LogP contribution >= 0.6 is 0 Å². The van der Waals surface area contributed by atoms with E-state index in [-0.39, 0.29) is 16.8 Å². The van der Waals surface area contributed by atoms with Crippen molar-refractivity contribution in [3.8, 4) is 11.3 Å². The largest absolute Gasteiger partial charge is 0.335 e. The molecule has 170 valence electrons. The summed E-state index contributed by atoms with van der Waals surface area (Å²) in [7, 11) is -2.09. The third kappa shape index (κ3) is 4.37. The van der Waals surface area contributed by atoms with Crippen molar-refractivity contribution in [2.24, 2.45) is 5.14 Å². The van der Waals surface area contributed by atoms with Crippen molar-refractivity contribution in [1.82, 2.24) is 15.0 Å². The quantitative estimate of drug-likeness (QED) is 0.477. The molecule has 2 aromatic heterocycles. The molecule has 4 aromatic rings. The second-order valence-corrected chi connectivity index (χ2v) is 9.64. The van der Waals surface area contributed by atoms with Gasteiger partial charge in [0.25, 0.3) is 11.6 Å². The van der Waals surface area contributed by atoms with Gasteiger partial charge in [0.2, 0.25) is 10.0 Å². The number of aryl methyl sites for hydroxylation is 2. The van der Waals surface area contributed by atoms with Crippen LogP contribution in [0.15, 0.2) is 64.0 Å². The summed E-state index contributed by atoms with van der Waals surface area (Å²) >= 11 is 0. The molecular weight excluding hydrogens is 440 g/mol. The predicted molar refractivity (Wildman–Crippen MR) is 125 cm³/mol. The van der Waals surface area contributed by atoms with Crippen molar-refractivity contribution >= 4 is 27.0 Å². The van der Waals surface area contributed by atoms with Crippen LogP contribution in [0.1, 0.15) is 40.1 Å². The van der Waals surface area contributed by atoms with E-state index in [2.05, 4.69) is 10.1 Å². The van der Waals surface area contributed by atoms with Gasteiger partial charge in [-0.15, -0.1) is 0 Å². The molecule has 2 aromatic carbocycles. The van der Waals surface area contributed by atoms with Crippen LogP contribution in [-0.4, -0.2) is 36.4 Å². The molecular formula is C24H24N4O4S. The van der Waals surface area contributed by atoms with Crippen LogP contribution < -0.4 is 5.14 Å². The second-order valence-electron chi connectivity index (χ2n) is 8.08. The summed E-state index contributed by atoms with van der Waals surface area (Å²) in [6, 6.07) is 15.4. The highest BCUT2D eigenvalue weighted by Crippen LogP contribution is 2.30. The first-order valence-electron chi connectivity index (χ1n) is 10.3. The van der Waals surface area contributed by atoms with E-state index < -0.39 is 10.0 Å². The first kappa shape index (κ1) is 22.6. The summed E-state index contributed by atoms with van der Waals surface area (Å²) in [5.74, 6) is -0.231. The molecule has 1 atom stereocenters. The van der Waals surface area contributed by atoms with Crippen molar-refractivity contribution < 1.29 is 17.7 Å². The monoisotopic (exact) mass is 464 g/mol. The number of amides is 1. The van der Waals surface area contributed by atoms with E-state index in [0.29, 0.717) is 28.1 Å². The molecule has 1 unspecified atom stereocenters. The lowest BCUT2D eigenvalue weighted by atomic mass is 10.0. The van der Waals surface area contributed by atoms with Gasteiger partial charge < -0.3 is 9.42 Å². The molecule has 0 aliphatic carbocycles. The van der Waals surface area contributed by atoms with E-state index in [1.165, 1.54) is 12.1 Å². The summed E-state index contributed by atoms with van der Waals surface area (Å²) < 4.78 is 28.5. The summed E-state index contributed by atoms with van der Waals surface area (Å²) in [6.45, 7) is 5.63. The topological polar surface area (TPSA) is 119 Å². The third-order valence-electron chi connectivity index (χ3n) is 5.79. The van der Waals surface area contributed by atoms with Crippen molar-refractivity contribution in [3.05, 3.63) is 77.0 Å². The maximum Gasteiger partial charge on any atom is 0.259 e. The fourth-order valence-electron chi connectivity index (χ4n) is 3.66. The van der Waals surface area contributed by atoms with Gasteiger partial charge in [0.1, 0.15) is 0 Å². The zero-order valence-electron chi connectivity index (χ0n) is 18.7.